The Labute approximate surface area is 144 Å². The number of nitro groups is 4. The minimum Gasteiger partial charge on any atom is -0.448 e. The van der Waals surface area contributed by atoms with Crippen molar-refractivity contribution < 1.29 is 24.1 Å². The van der Waals surface area contributed by atoms with Gasteiger partial charge in [-0.2, -0.15) is 0 Å². The zero-order chi connectivity index (χ0) is 20.0. The summed E-state index contributed by atoms with van der Waals surface area (Å²) in [6.07, 6.45) is 0. The third-order valence-corrected chi connectivity index (χ3v) is 3.63. The SMILES string of the molecule is O=c1c2cc([N+](=O)[O-])c([N+](=O)[O-])cc2oc2c([N+](=O)[O-])cc([N+](=O)[O-])cc12. The van der Waals surface area contributed by atoms with E-state index in [-0.39, 0.29) is 0 Å². The Bertz CT molecular complexity index is 1260. The molecule has 0 aliphatic heterocycles. The lowest BCUT2D eigenvalue weighted by molar-refractivity contribution is -0.422. The van der Waals surface area contributed by atoms with Crippen LogP contribution >= 0.6 is 0 Å². The van der Waals surface area contributed by atoms with Crippen LogP contribution in [0.15, 0.2) is 33.5 Å². The number of fused-ring (bicyclic) bond motifs is 2. The van der Waals surface area contributed by atoms with Crippen LogP contribution < -0.4 is 5.43 Å². The fourth-order valence-corrected chi connectivity index (χ4v) is 2.48. The summed E-state index contributed by atoms with van der Waals surface area (Å²) in [5.74, 6) is 0. The van der Waals surface area contributed by atoms with Gasteiger partial charge in [0.25, 0.3) is 5.69 Å². The molecule has 0 bridgehead atoms. The highest BCUT2D eigenvalue weighted by molar-refractivity contribution is 5.97. The zero-order valence-corrected chi connectivity index (χ0v) is 12.7. The lowest BCUT2D eigenvalue weighted by Gasteiger charge is -2.03. The van der Waals surface area contributed by atoms with Crippen LogP contribution in [-0.2, 0) is 0 Å². The molecule has 1 aromatic heterocycles. The molecule has 14 nitrogen and oxygen atoms in total. The van der Waals surface area contributed by atoms with E-state index in [0.29, 0.717) is 18.2 Å². The van der Waals surface area contributed by atoms with E-state index < -0.39 is 69.8 Å². The number of nitro benzene ring substituents is 4. The quantitative estimate of drug-likeness (QED) is 0.369. The van der Waals surface area contributed by atoms with Crippen molar-refractivity contribution in [2.24, 2.45) is 0 Å². The molecule has 0 N–H and O–H groups in total. The van der Waals surface area contributed by atoms with E-state index in [0.717, 1.165) is 6.07 Å². The number of rotatable bonds is 4. The highest BCUT2D eigenvalue weighted by atomic mass is 16.6. The Morgan fingerprint density at radius 3 is 1.74 bits per heavy atom. The maximum atomic E-state index is 12.6. The van der Waals surface area contributed by atoms with Gasteiger partial charge < -0.3 is 4.42 Å². The van der Waals surface area contributed by atoms with Gasteiger partial charge in [-0.15, -0.1) is 0 Å². The van der Waals surface area contributed by atoms with Crippen LogP contribution in [0.1, 0.15) is 0 Å². The van der Waals surface area contributed by atoms with Crippen LogP contribution in [0, 0.1) is 40.5 Å². The first-order valence-corrected chi connectivity index (χ1v) is 6.78. The molecule has 14 heteroatoms. The zero-order valence-electron chi connectivity index (χ0n) is 12.7. The fraction of sp³-hybridized carbons (Fsp3) is 0. The topological polar surface area (TPSA) is 203 Å². The number of hydrogen-bond donors (Lipinski definition) is 0. The summed E-state index contributed by atoms with van der Waals surface area (Å²) >= 11 is 0. The lowest BCUT2D eigenvalue weighted by atomic mass is 10.1. The van der Waals surface area contributed by atoms with Gasteiger partial charge in [0.05, 0.1) is 42.6 Å². The Morgan fingerprint density at radius 1 is 0.667 bits per heavy atom. The van der Waals surface area contributed by atoms with Gasteiger partial charge in [0, 0.05) is 12.1 Å². The van der Waals surface area contributed by atoms with Gasteiger partial charge in [-0.05, 0) is 0 Å². The summed E-state index contributed by atoms with van der Waals surface area (Å²) in [5, 5.41) is 43.1. The average Bonchev–Trinajstić information content (AvgIpc) is 2.59. The first-order valence-electron chi connectivity index (χ1n) is 6.78. The minimum absolute atomic E-state index is 0.491. The van der Waals surface area contributed by atoms with E-state index in [1.54, 1.807) is 0 Å². The van der Waals surface area contributed by atoms with Crippen LogP contribution in [0.25, 0.3) is 21.9 Å². The van der Waals surface area contributed by atoms with Crippen molar-refractivity contribution in [3.05, 3.63) is 74.9 Å². The van der Waals surface area contributed by atoms with E-state index in [1.165, 1.54) is 0 Å². The molecule has 0 saturated carbocycles. The molecule has 0 spiro atoms. The van der Waals surface area contributed by atoms with Crippen molar-refractivity contribution >= 4 is 44.7 Å². The predicted molar refractivity (Wildman–Crippen MR) is 86.6 cm³/mol. The number of benzene rings is 2. The minimum atomic E-state index is -1.09. The fourth-order valence-electron chi connectivity index (χ4n) is 2.48. The van der Waals surface area contributed by atoms with E-state index >= 15 is 0 Å². The molecule has 0 amide bonds. The van der Waals surface area contributed by atoms with Gasteiger partial charge in [-0.1, -0.05) is 0 Å². The standard InChI is InChI=1S/C13H4N4O10/c18-12-6-3-8(15(21)22)9(16(23)24)4-11(6)27-13-7(12)1-5(14(19)20)2-10(13)17(25)26/h1-4H. The van der Waals surface area contributed by atoms with Gasteiger partial charge in [0.1, 0.15) is 5.58 Å². The summed E-state index contributed by atoms with van der Waals surface area (Å²) in [4.78, 5) is 52.6. The van der Waals surface area contributed by atoms with E-state index in [9.17, 15) is 45.3 Å². The molecule has 1 heterocycles. The Kier molecular flexibility index (Phi) is 3.72. The largest absolute Gasteiger partial charge is 0.448 e. The molecular formula is C13H4N4O10. The molecule has 3 rings (SSSR count). The second-order valence-electron chi connectivity index (χ2n) is 5.14. The third kappa shape index (κ3) is 2.66. The molecule has 0 fully saturated rings. The monoisotopic (exact) mass is 376 g/mol. The van der Waals surface area contributed by atoms with Gasteiger partial charge in [-0.3, -0.25) is 45.3 Å². The molecule has 136 valence electrons. The van der Waals surface area contributed by atoms with Crippen LogP contribution in [0.2, 0.25) is 0 Å². The normalized spacial score (nSPS) is 10.8. The van der Waals surface area contributed by atoms with E-state index in [4.69, 9.17) is 4.42 Å². The van der Waals surface area contributed by atoms with Crippen molar-refractivity contribution in [3.63, 3.8) is 0 Å². The second kappa shape index (κ2) is 5.80. The molecule has 27 heavy (non-hydrogen) atoms. The van der Waals surface area contributed by atoms with Crippen LogP contribution in [0.5, 0.6) is 0 Å². The van der Waals surface area contributed by atoms with Gasteiger partial charge in [-0.25, -0.2) is 0 Å². The molecule has 0 radical (unpaired) electrons. The summed E-state index contributed by atoms with van der Waals surface area (Å²) in [5.41, 5.74) is -5.86. The van der Waals surface area contributed by atoms with Gasteiger partial charge >= 0.3 is 17.1 Å². The number of hydrogen-bond acceptors (Lipinski definition) is 10. The van der Waals surface area contributed by atoms with Gasteiger partial charge in [0.15, 0.2) is 0 Å². The summed E-state index contributed by atoms with van der Waals surface area (Å²) < 4.78 is 5.19. The summed E-state index contributed by atoms with van der Waals surface area (Å²) in [6.45, 7) is 0. The number of non-ortho nitro benzene ring substituents is 2. The molecule has 0 aliphatic rings. The Hall–Kier alpha value is -4.49. The molecule has 2 aromatic carbocycles. The van der Waals surface area contributed by atoms with Crippen molar-refractivity contribution in [2.75, 3.05) is 0 Å². The second-order valence-corrected chi connectivity index (χ2v) is 5.14. The van der Waals surface area contributed by atoms with Gasteiger partial charge in [0.2, 0.25) is 11.0 Å². The van der Waals surface area contributed by atoms with Crippen molar-refractivity contribution in [1.82, 2.24) is 0 Å². The highest BCUT2D eigenvalue weighted by Gasteiger charge is 2.29. The van der Waals surface area contributed by atoms with Crippen LogP contribution in [-0.4, -0.2) is 19.7 Å². The Balaban J connectivity index is 2.56. The van der Waals surface area contributed by atoms with Crippen molar-refractivity contribution in [3.8, 4) is 0 Å². The molecule has 0 aliphatic carbocycles. The van der Waals surface area contributed by atoms with Crippen molar-refractivity contribution in [2.45, 2.75) is 0 Å². The molecular weight excluding hydrogens is 372 g/mol. The van der Waals surface area contributed by atoms with E-state index in [1.807, 2.05) is 0 Å². The maximum Gasteiger partial charge on any atom is 0.349 e. The molecule has 3 aromatic rings. The molecule has 0 saturated heterocycles. The first-order chi connectivity index (χ1) is 12.6. The van der Waals surface area contributed by atoms with Crippen LogP contribution in [0.3, 0.4) is 0 Å². The molecule has 0 atom stereocenters. The Morgan fingerprint density at radius 2 is 1.22 bits per heavy atom. The maximum absolute atomic E-state index is 12.6. The predicted octanol–water partition coefficient (Wildman–Crippen LogP) is 2.58. The van der Waals surface area contributed by atoms with Crippen molar-refractivity contribution in [1.29, 1.82) is 0 Å². The molecule has 0 unspecified atom stereocenters. The lowest BCUT2D eigenvalue weighted by Crippen LogP contribution is -2.06. The van der Waals surface area contributed by atoms with E-state index in [2.05, 4.69) is 0 Å². The first kappa shape index (κ1) is 17.3. The average molecular weight is 376 g/mol. The highest BCUT2D eigenvalue weighted by Crippen LogP contribution is 2.35. The summed E-state index contributed by atoms with van der Waals surface area (Å²) in [6, 6.07) is 2.47. The number of nitrogens with zero attached hydrogens (tertiary/aromatic N) is 4. The van der Waals surface area contributed by atoms with Crippen LogP contribution in [0.4, 0.5) is 22.7 Å². The summed E-state index contributed by atoms with van der Waals surface area (Å²) in [7, 11) is 0. The smallest absolute Gasteiger partial charge is 0.349 e. The third-order valence-electron chi connectivity index (χ3n) is 3.63.